The van der Waals surface area contributed by atoms with Crippen LogP contribution in [0.1, 0.15) is 18.5 Å². The van der Waals surface area contributed by atoms with Gasteiger partial charge in [-0.3, -0.25) is 0 Å². The summed E-state index contributed by atoms with van der Waals surface area (Å²) in [6.07, 6.45) is 0. The van der Waals surface area contributed by atoms with Crippen LogP contribution in [0, 0.1) is 0 Å². The Hall–Kier alpha value is -1.25. The number of hydrogen-bond acceptors (Lipinski definition) is 2. The molecule has 0 heterocycles. The molecular weight excluding hydrogens is 232 g/mol. The zero-order valence-electron chi connectivity index (χ0n) is 10.5. The highest BCUT2D eigenvalue weighted by Gasteiger charge is 2.09. The number of rotatable bonds is 2. The molecule has 2 nitrogen and oxygen atoms in total. The Bertz CT molecular complexity index is 460. The van der Waals surface area contributed by atoms with Crippen molar-refractivity contribution in [2.75, 3.05) is 19.0 Å². The molecule has 0 aromatic heterocycles. The molecule has 1 atom stereocenters. The van der Waals surface area contributed by atoms with Crippen LogP contribution in [0.2, 0.25) is 0 Å². The van der Waals surface area contributed by atoms with Crippen LogP contribution in [0.5, 0.6) is 0 Å². The summed E-state index contributed by atoms with van der Waals surface area (Å²) in [5, 5.41) is 2.52. The molecule has 2 aromatic rings. The number of hydrogen-bond donors (Lipinski definition) is 1. The Balaban J connectivity index is 0.00000144. The van der Waals surface area contributed by atoms with Crippen molar-refractivity contribution in [2.24, 2.45) is 5.73 Å². The van der Waals surface area contributed by atoms with Crippen LogP contribution in [0.4, 0.5) is 5.69 Å². The van der Waals surface area contributed by atoms with Crippen molar-refractivity contribution in [3.63, 3.8) is 0 Å². The van der Waals surface area contributed by atoms with E-state index >= 15 is 0 Å². The van der Waals surface area contributed by atoms with Gasteiger partial charge in [0.2, 0.25) is 0 Å². The van der Waals surface area contributed by atoms with Crippen LogP contribution in [0.15, 0.2) is 36.4 Å². The second kappa shape index (κ2) is 5.39. The Morgan fingerprint density at radius 3 is 2.12 bits per heavy atom. The quantitative estimate of drug-likeness (QED) is 0.886. The first-order valence-electron chi connectivity index (χ1n) is 5.56. The molecule has 0 radical (unpaired) electrons. The van der Waals surface area contributed by atoms with E-state index in [1.807, 2.05) is 6.92 Å². The lowest BCUT2D eigenvalue weighted by molar-refractivity contribution is 0.826. The van der Waals surface area contributed by atoms with Gasteiger partial charge in [0.15, 0.2) is 0 Å². The van der Waals surface area contributed by atoms with Crippen molar-refractivity contribution in [3.05, 3.63) is 42.0 Å². The van der Waals surface area contributed by atoms with E-state index < -0.39 is 0 Å². The van der Waals surface area contributed by atoms with Crippen LogP contribution in [0.25, 0.3) is 10.8 Å². The first-order chi connectivity index (χ1) is 7.61. The van der Waals surface area contributed by atoms with Crippen LogP contribution in [0.3, 0.4) is 0 Å². The maximum atomic E-state index is 5.99. The molecule has 17 heavy (non-hydrogen) atoms. The van der Waals surface area contributed by atoms with Gasteiger partial charge in [0.25, 0.3) is 0 Å². The molecule has 0 aliphatic carbocycles. The molecule has 0 amide bonds. The van der Waals surface area contributed by atoms with Gasteiger partial charge in [-0.05, 0) is 23.9 Å². The standard InChI is InChI=1S/C14H18N2.ClH/c1-10(15)11-8-9-14(16(2)3)13-7-5-4-6-12(11)13;/h4-10H,15H2,1-3H3;1H/t10-;/m1./s1. The van der Waals surface area contributed by atoms with Crippen LogP contribution < -0.4 is 10.6 Å². The topological polar surface area (TPSA) is 29.3 Å². The number of benzene rings is 2. The van der Waals surface area contributed by atoms with Crippen LogP contribution >= 0.6 is 12.4 Å². The summed E-state index contributed by atoms with van der Waals surface area (Å²) in [5.74, 6) is 0. The second-order valence-corrected chi connectivity index (χ2v) is 4.40. The first kappa shape index (κ1) is 13.8. The van der Waals surface area contributed by atoms with Gasteiger partial charge < -0.3 is 10.6 Å². The minimum Gasteiger partial charge on any atom is -0.377 e. The summed E-state index contributed by atoms with van der Waals surface area (Å²) >= 11 is 0. The van der Waals surface area contributed by atoms with E-state index in [1.165, 1.54) is 22.0 Å². The molecule has 0 aliphatic rings. The number of nitrogens with two attached hydrogens (primary N) is 1. The summed E-state index contributed by atoms with van der Waals surface area (Å²) in [4.78, 5) is 2.13. The van der Waals surface area contributed by atoms with Gasteiger partial charge in [0.05, 0.1) is 0 Å². The molecule has 0 bridgehead atoms. The fourth-order valence-corrected chi connectivity index (χ4v) is 2.09. The summed E-state index contributed by atoms with van der Waals surface area (Å²) in [6.45, 7) is 2.02. The Labute approximate surface area is 109 Å². The maximum Gasteiger partial charge on any atom is 0.0440 e. The predicted molar refractivity (Wildman–Crippen MR) is 78.1 cm³/mol. The van der Waals surface area contributed by atoms with Crippen LogP contribution in [-0.2, 0) is 0 Å². The molecule has 2 aromatic carbocycles. The third kappa shape index (κ3) is 2.54. The SMILES string of the molecule is C[C@@H](N)c1ccc(N(C)C)c2ccccc12.Cl. The van der Waals surface area contributed by atoms with Gasteiger partial charge in [0, 0.05) is 31.2 Å². The average molecular weight is 251 g/mol. The highest BCUT2D eigenvalue weighted by molar-refractivity contribution is 5.96. The summed E-state index contributed by atoms with van der Waals surface area (Å²) in [5.41, 5.74) is 8.44. The van der Waals surface area contributed by atoms with E-state index in [0.29, 0.717) is 0 Å². The van der Waals surface area contributed by atoms with Crippen molar-refractivity contribution >= 4 is 28.9 Å². The van der Waals surface area contributed by atoms with Gasteiger partial charge in [-0.1, -0.05) is 30.3 Å². The van der Waals surface area contributed by atoms with Gasteiger partial charge in [0.1, 0.15) is 0 Å². The van der Waals surface area contributed by atoms with E-state index in [2.05, 4.69) is 55.4 Å². The molecule has 0 saturated heterocycles. The summed E-state index contributed by atoms with van der Waals surface area (Å²) in [7, 11) is 4.13. The molecule has 0 fully saturated rings. The maximum absolute atomic E-state index is 5.99. The van der Waals surface area contributed by atoms with Crippen molar-refractivity contribution in [1.29, 1.82) is 0 Å². The number of anilines is 1. The van der Waals surface area contributed by atoms with E-state index in [1.54, 1.807) is 0 Å². The van der Waals surface area contributed by atoms with Crippen molar-refractivity contribution in [2.45, 2.75) is 13.0 Å². The van der Waals surface area contributed by atoms with Crippen molar-refractivity contribution in [1.82, 2.24) is 0 Å². The third-order valence-corrected chi connectivity index (χ3v) is 2.91. The van der Waals surface area contributed by atoms with Crippen LogP contribution in [-0.4, -0.2) is 14.1 Å². The predicted octanol–water partition coefficient (Wildman–Crippen LogP) is 3.35. The third-order valence-electron chi connectivity index (χ3n) is 2.91. The smallest absolute Gasteiger partial charge is 0.0440 e. The molecule has 0 unspecified atom stereocenters. The van der Waals surface area contributed by atoms with E-state index in [-0.39, 0.29) is 18.4 Å². The van der Waals surface area contributed by atoms with E-state index in [4.69, 9.17) is 5.73 Å². The van der Waals surface area contributed by atoms with E-state index in [0.717, 1.165) is 0 Å². The van der Waals surface area contributed by atoms with Gasteiger partial charge >= 0.3 is 0 Å². The number of fused-ring (bicyclic) bond motifs is 1. The minimum absolute atomic E-state index is 0. The van der Waals surface area contributed by atoms with Gasteiger partial charge in [-0.15, -0.1) is 12.4 Å². The Morgan fingerprint density at radius 1 is 1.00 bits per heavy atom. The normalized spacial score (nSPS) is 12.0. The molecular formula is C14H19ClN2. The van der Waals surface area contributed by atoms with Gasteiger partial charge in [-0.2, -0.15) is 0 Å². The fraction of sp³-hybridized carbons (Fsp3) is 0.286. The summed E-state index contributed by atoms with van der Waals surface area (Å²) < 4.78 is 0. The Morgan fingerprint density at radius 2 is 1.59 bits per heavy atom. The van der Waals surface area contributed by atoms with Crippen molar-refractivity contribution in [3.8, 4) is 0 Å². The Kier molecular flexibility index (Phi) is 4.38. The molecule has 3 heteroatoms. The molecule has 92 valence electrons. The zero-order chi connectivity index (χ0) is 11.7. The molecule has 0 saturated carbocycles. The monoisotopic (exact) mass is 250 g/mol. The zero-order valence-corrected chi connectivity index (χ0v) is 11.3. The highest BCUT2D eigenvalue weighted by Crippen LogP contribution is 2.30. The van der Waals surface area contributed by atoms with E-state index in [9.17, 15) is 0 Å². The molecule has 2 N–H and O–H groups in total. The minimum atomic E-state index is 0. The first-order valence-corrected chi connectivity index (χ1v) is 5.56. The van der Waals surface area contributed by atoms with Gasteiger partial charge in [-0.25, -0.2) is 0 Å². The lowest BCUT2D eigenvalue weighted by atomic mass is 9.98. The average Bonchev–Trinajstić information content (AvgIpc) is 2.27. The second-order valence-electron chi connectivity index (χ2n) is 4.40. The lowest BCUT2D eigenvalue weighted by Gasteiger charge is -2.18. The summed E-state index contributed by atoms with van der Waals surface area (Å²) in [6, 6.07) is 12.8. The molecule has 2 rings (SSSR count). The molecule has 0 aliphatic heterocycles. The highest BCUT2D eigenvalue weighted by atomic mass is 35.5. The van der Waals surface area contributed by atoms with Crippen molar-refractivity contribution < 1.29 is 0 Å². The molecule has 0 spiro atoms. The lowest BCUT2D eigenvalue weighted by Crippen LogP contribution is -2.11. The number of nitrogens with zero attached hydrogens (tertiary/aromatic N) is 1. The number of halogens is 1. The fourth-order valence-electron chi connectivity index (χ4n) is 2.09. The largest absolute Gasteiger partial charge is 0.377 e.